The maximum atomic E-state index is 12.4. The summed E-state index contributed by atoms with van der Waals surface area (Å²) in [4.78, 5) is 25.1. The van der Waals surface area contributed by atoms with E-state index in [2.05, 4.69) is 12.1 Å². The molecule has 0 heterocycles. The van der Waals surface area contributed by atoms with Gasteiger partial charge < -0.3 is 10.0 Å². The van der Waals surface area contributed by atoms with Gasteiger partial charge in [0, 0.05) is 7.05 Å². The lowest BCUT2D eigenvalue weighted by Crippen LogP contribution is -2.35. The van der Waals surface area contributed by atoms with Crippen LogP contribution in [-0.4, -0.2) is 28.9 Å². The number of amides is 1. The van der Waals surface area contributed by atoms with E-state index in [4.69, 9.17) is 5.11 Å². The van der Waals surface area contributed by atoms with Crippen molar-refractivity contribution in [2.24, 2.45) is 11.8 Å². The van der Waals surface area contributed by atoms with Crippen LogP contribution in [-0.2, 0) is 16.0 Å². The number of nitrogens with zero attached hydrogens (tertiary/aromatic N) is 1. The van der Waals surface area contributed by atoms with Gasteiger partial charge in [0.15, 0.2) is 0 Å². The van der Waals surface area contributed by atoms with Crippen LogP contribution in [0.1, 0.15) is 36.4 Å². The second kappa shape index (κ2) is 4.93. The van der Waals surface area contributed by atoms with E-state index in [-0.39, 0.29) is 17.9 Å². The zero-order valence-corrected chi connectivity index (χ0v) is 11.6. The Morgan fingerprint density at radius 3 is 2.70 bits per heavy atom. The maximum absolute atomic E-state index is 12.4. The SMILES string of the molecule is CN(C(=O)C1CC1C(=O)O)C1CCCc2ccccc21. The van der Waals surface area contributed by atoms with Gasteiger partial charge in [0.1, 0.15) is 0 Å². The van der Waals surface area contributed by atoms with Crippen molar-refractivity contribution in [3.8, 4) is 0 Å². The highest BCUT2D eigenvalue weighted by atomic mass is 16.4. The number of benzene rings is 1. The summed E-state index contributed by atoms with van der Waals surface area (Å²) in [6.07, 6.45) is 3.60. The quantitative estimate of drug-likeness (QED) is 0.919. The molecule has 0 aromatic heterocycles. The van der Waals surface area contributed by atoms with Gasteiger partial charge in [0.25, 0.3) is 0 Å². The summed E-state index contributed by atoms with van der Waals surface area (Å²) in [5.41, 5.74) is 2.54. The second-order valence-corrected chi connectivity index (χ2v) is 5.84. The van der Waals surface area contributed by atoms with Crippen LogP contribution < -0.4 is 0 Å². The van der Waals surface area contributed by atoms with Crippen LogP contribution >= 0.6 is 0 Å². The Hall–Kier alpha value is -1.84. The van der Waals surface area contributed by atoms with E-state index in [0.717, 1.165) is 19.3 Å². The van der Waals surface area contributed by atoms with Crippen LogP contribution in [0.2, 0.25) is 0 Å². The van der Waals surface area contributed by atoms with Crippen LogP contribution in [0, 0.1) is 11.8 Å². The summed E-state index contributed by atoms with van der Waals surface area (Å²) in [7, 11) is 1.81. The Morgan fingerprint density at radius 1 is 1.25 bits per heavy atom. The van der Waals surface area contributed by atoms with Gasteiger partial charge in [0.05, 0.1) is 17.9 Å². The Balaban J connectivity index is 1.77. The Kier molecular flexibility index (Phi) is 3.24. The highest BCUT2D eigenvalue weighted by molar-refractivity contribution is 5.89. The third-order valence-electron chi connectivity index (χ3n) is 4.58. The molecule has 4 heteroatoms. The molecule has 20 heavy (non-hydrogen) atoms. The van der Waals surface area contributed by atoms with Gasteiger partial charge >= 0.3 is 5.97 Å². The number of hydrogen-bond donors (Lipinski definition) is 1. The van der Waals surface area contributed by atoms with Gasteiger partial charge in [0.2, 0.25) is 5.91 Å². The molecule has 0 saturated heterocycles. The topological polar surface area (TPSA) is 57.6 Å². The number of carboxylic acids is 1. The fourth-order valence-electron chi connectivity index (χ4n) is 3.29. The smallest absolute Gasteiger partial charge is 0.307 e. The third-order valence-corrected chi connectivity index (χ3v) is 4.58. The molecular weight excluding hydrogens is 254 g/mol. The first-order chi connectivity index (χ1) is 9.59. The van der Waals surface area contributed by atoms with E-state index < -0.39 is 11.9 Å². The average molecular weight is 273 g/mol. The normalized spacial score (nSPS) is 27.6. The van der Waals surface area contributed by atoms with Crippen molar-refractivity contribution in [2.45, 2.75) is 31.7 Å². The second-order valence-electron chi connectivity index (χ2n) is 5.84. The van der Waals surface area contributed by atoms with E-state index in [1.54, 1.807) is 4.90 Å². The predicted molar refractivity (Wildman–Crippen MR) is 74.1 cm³/mol. The van der Waals surface area contributed by atoms with E-state index >= 15 is 0 Å². The Labute approximate surface area is 118 Å². The molecule has 0 radical (unpaired) electrons. The highest BCUT2D eigenvalue weighted by Gasteiger charge is 2.50. The molecule has 1 amide bonds. The van der Waals surface area contributed by atoms with Gasteiger partial charge in [-0.1, -0.05) is 24.3 Å². The fourth-order valence-corrected chi connectivity index (χ4v) is 3.29. The summed E-state index contributed by atoms with van der Waals surface area (Å²) >= 11 is 0. The molecular formula is C16H19NO3. The number of hydrogen-bond acceptors (Lipinski definition) is 2. The monoisotopic (exact) mass is 273 g/mol. The molecule has 0 spiro atoms. The van der Waals surface area contributed by atoms with Crippen LogP contribution in [0.15, 0.2) is 24.3 Å². The number of aliphatic carboxylic acids is 1. The Morgan fingerprint density at radius 2 is 2.00 bits per heavy atom. The first-order valence-corrected chi connectivity index (χ1v) is 7.17. The number of carboxylic acid groups (broad SMARTS) is 1. The minimum Gasteiger partial charge on any atom is -0.481 e. The first kappa shape index (κ1) is 13.2. The van der Waals surface area contributed by atoms with E-state index in [0.29, 0.717) is 6.42 Å². The van der Waals surface area contributed by atoms with Gasteiger partial charge in [-0.2, -0.15) is 0 Å². The number of aryl methyl sites for hydroxylation is 1. The van der Waals surface area contributed by atoms with Crippen molar-refractivity contribution in [3.05, 3.63) is 35.4 Å². The molecule has 3 unspecified atom stereocenters. The van der Waals surface area contributed by atoms with Gasteiger partial charge in [-0.05, 0) is 36.8 Å². The largest absolute Gasteiger partial charge is 0.481 e. The molecule has 106 valence electrons. The summed E-state index contributed by atoms with van der Waals surface area (Å²) < 4.78 is 0. The average Bonchev–Trinajstić information content (AvgIpc) is 3.26. The van der Waals surface area contributed by atoms with Crippen molar-refractivity contribution in [1.29, 1.82) is 0 Å². The molecule has 0 aliphatic heterocycles. The van der Waals surface area contributed by atoms with Crippen LogP contribution in [0.5, 0.6) is 0 Å². The van der Waals surface area contributed by atoms with Crippen molar-refractivity contribution in [1.82, 2.24) is 4.90 Å². The van der Waals surface area contributed by atoms with Crippen LogP contribution in [0.25, 0.3) is 0 Å². The van der Waals surface area contributed by atoms with E-state index in [1.807, 2.05) is 19.2 Å². The molecule has 1 aromatic rings. The van der Waals surface area contributed by atoms with Crippen LogP contribution in [0.3, 0.4) is 0 Å². The Bertz CT molecular complexity index is 554. The van der Waals surface area contributed by atoms with Crippen molar-refractivity contribution in [3.63, 3.8) is 0 Å². The molecule has 3 atom stereocenters. The lowest BCUT2D eigenvalue weighted by Gasteiger charge is -2.33. The lowest BCUT2D eigenvalue weighted by atomic mass is 9.87. The molecule has 1 aromatic carbocycles. The maximum Gasteiger partial charge on any atom is 0.307 e. The molecule has 1 saturated carbocycles. The first-order valence-electron chi connectivity index (χ1n) is 7.17. The summed E-state index contributed by atoms with van der Waals surface area (Å²) in [6.45, 7) is 0. The van der Waals surface area contributed by atoms with Crippen LogP contribution in [0.4, 0.5) is 0 Å². The van der Waals surface area contributed by atoms with Gasteiger partial charge in [-0.3, -0.25) is 9.59 Å². The molecule has 0 bridgehead atoms. The minimum absolute atomic E-state index is 0.0147. The van der Waals surface area contributed by atoms with E-state index in [1.165, 1.54) is 11.1 Å². The predicted octanol–water partition coefficient (Wildman–Crippen LogP) is 2.24. The molecule has 2 aliphatic carbocycles. The van der Waals surface area contributed by atoms with Gasteiger partial charge in [-0.15, -0.1) is 0 Å². The number of carbonyl (C=O) groups excluding carboxylic acids is 1. The van der Waals surface area contributed by atoms with Gasteiger partial charge in [-0.25, -0.2) is 0 Å². The fraction of sp³-hybridized carbons (Fsp3) is 0.500. The standard InChI is InChI=1S/C16H19NO3/c1-17(15(18)12-9-13(12)16(19)20)14-8-4-6-10-5-2-3-7-11(10)14/h2-3,5,7,12-14H,4,6,8-9H2,1H3,(H,19,20). The van der Waals surface area contributed by atoms with Crippen molar-refractivity contribution >= 4 is 11.9 Å². The highest BCUT2D eigenvalue weighted by Crippen LogP contribution is 2.42. The molecule has 3 rings (SSSR count). The molecule has 4 nitrogen and oxygen atoms in total. The molecule has 1 N–H and O–H groups in total. The summed E-state index contributed by atoms with van der Waals surface area (Å²) in [5, 5.41) is 8.95. The third kappa shape index (κ3) is 2.19. The molecule has 1 fully saturated rings. The lowest BCUT2D eigenvalue weighted by molar-refractivity contribution is -0.142. The minimum atomic E-state index is -0.846. The molecule has 2 aliphatic rings. The number of rotatable bonds is 3. The van der Waals surface area contributed by atoms with Crippen molar-refractivity contribution < 1.29 is 14.7 Å². The summed E-state index contributed by atoms with van der Waals surface area (Å²) in [6, 6.07) is 8.35. The van der Waals surface area contributed by atoms with E-state index in [9.17, 15) is 9.59 Å². The number of fused-ring (bicyclic) bond motifs is 1. The zero-order chi connectivity index (χ0) is 14.3. The van der Waals surface area contributed by atoms with Crippen molar-refractivity contribution in [2.75, 3.05) is 7.05 Å². The summed E-state index contributed by atoms with van der Waals surface area (Å²) in [5.74, 6) is -1.64. The zero-order valence-electron chi connectivity index (χ0n) is 11.6. The number of carbonyl (C=O) groups is 2.